The van der Waals surface area contributed by atoms with Crippen LogP contribution in [0, 0.1) is 0 Å². The molecule has 1 heterocycles. The molecule has 1 aliphatic rings. The minimum absolute atomic E-state index is 0.398. The summed E-state index contributed by atoms with van der Waals surface area (Å²) in [5, 5.41) is 3.43. The summed E-state index contributed by atoms with van der Waals surface area (Å²) in [6.45, 7) is 3.04. The first kappa shape index (κ1) is 9.72. The van der Waals surface area contributed by atoms with Gasteiger partial charge < -0.3 is 5.32 Å². The van der Waals surface area contributed by atoms with E-state index in [2.05, 4.69) is 5.32 Å². The summed E-state index contributed by atoms with van der Waals surface area (Å²) >= 11 is 0. The standard InChI is InChI=1S/C10H19NO/c1-2-10(12)8-9-6-4-3-5-7-11-9/h9,11H,2-8H2,1H3. The van der Waals surface area contributed by atoms with E-state index in [9.17, 15) is 4.79 Å². The summed E-state index contributed by atoms with van der Waals surface area (Å²) in [4.78, 5) is 11.2. The Morgan fingerprint density at radius 2 is 2.25 bits per heavy atom. The quantitative estimate of drug-likeness (QED) is 0.699. The minimum Gasteiger partial charge on any atom is -0.314 e. The number of carbonyl (C=O) groups excluding carboxylic acids is 1. The molecular weight excluding hydrogens is 150 g/mol. The van der Waals surface area contributed by atoms with Crippen LogP contribution in [0.1, 0.15) is 45.4 Å². The Kier molecular flexibility index (Phi) is 4.30. The van der Waals surface area contributed by atoms with Gasteiger partial charge in [-0.05, 0) is 19.4 Å². The van der Waals surface area contributed by atoms with Crippen molar-refractivity contribution >= 4 is 5.78 Å². The van der Waals surface area contributed by atoms with Crippen molar-refractivity contribution < 1.29 is 4.79 Å². The van der Waals surface area contributed by atoms with Gasteiger partial charge >= 0.3 is 0 Å². The van der Waals surface area contributed by atoms with Crippen LogP contribution < -0.4 is 5.32 Å². The number of rotatable bonds is 3. The highest BCUT2D eigenvalue weighted by atomic mass is 16.1. The van der Waals surface area contributed by atoms with Crippen molar-refractivity contribution in [2.24, 2.45) is 0 Å². The summed E-state index contributed by atoms with van der Waals surface area (Å²) in [5.41, 5.74) is 0. The fourth-order valence-electron chi connectivity index (χ4n) is 1.69. The van der Waals surface area contributed by atoms with Crippen LogP contribution in [-0.4, -0.2) is 18.4 Å². The van der Waals surface area contributed by atoms with Gasteiger partial charge in [-0.25, -0.2) is 0 Å². The number of hydrogen-bond acceptors (Lipinski definition) is 2. The zero-order chi connectivity index (χ0) is 8.81. The highest BCUT2D eigenvalue weighted by molar-refractivity contribution is 5.78. The number of hydrogen-bond donors (Lipinski definition) is 1. The smallest absolute Gasteiger partial charge is 0.134 e. The molecule has 0 aliphatic carbocycles. The van der Waals surface area contributed by atoms with Crippen LogP contribution in [0.3, 0.4) is 0 Å². The predicted molar refractivity (Wildman–Crippen MR) is 50.2 cm³/mol. The Hall–Kier alpha value is -0.370. The normalized spacial score (nSPS) is 24.9. The van der Waals surface area contributed by atoms with Gasteiger partial charge in [-0.1, -0.05) is 19.8 Å². The van der Waals surface area contributed by atoms with Gasteiger partial charge in [0.25, 0.3) is 0 Å². The molecule has 0 aromatic heterocycles. The molecule has 1 rings (SSSR count). The molecule has 2 nitrogen and oxygen atoms in total. The summed E-state index contributed by atoms with van der Waals surface area (Å²) in [5.74, 6) is 0.398. The molecule has 1 fully saturated rings. The molecule has 70 valence electrons. The van der Waals surface area contributed by atoms with Crippen molar-refractivity contribution in [1.29, 1.82) is 0 Å². The topological polar surface area (TPSA) is 29.1 Å². The van der Waals surface area contributed by atoms with Crippen LogP contribution in [-0.2, 0) is 4.79 Å². The maximum atomic E-state index is 11.2. The summed E-state index contributed by atoms with van der Waals surface area (Å²) in [7, 11) is 0. The van der Waals surface area contributed by atoms with E-state index in [1.54, 1.807) is 0 Å². The van der Waals surface area contributed by atoms with Gasteiger partial charge in [0.15, 0.2) is 0 Å². The van der Waals surface area contributed by atoms with Gasteiger partial charge in [0.2, 0.25) is 0 Å². The maximum absolute atomic E-state index is 11.2. The Bertz CT molecular complexity index is 137. The molecule has 1 N–H and O–H groups in total. The number of Topliss-reactive ketones (excluding diaryl/α,β-unsaturated/α-hetero) is 1. The fraction of sp³-hybridized carbons (Fsp3) is 0.900. The van der Waals surface area contributed by atoms with Gasteiger partial charge in [0, 0.05) is 18.9 Å². The van der Waals surface area contributed by atoms with Crippen LogP contribution in [0.5, 0.6) is 0 Å². The number of nitrogens with one attached hydrogen (secondary N) is 1. The molecule has 12 heavy (non-hydrogen) atoms. The van der Waals surface area contributed by atoms with Crippen LogP contribution in [0.4, 0.5) is 0 Å². The lowest BCUT2D eigenvalue weighted by Gasteiger charge is -2.13. The number of carbonyl (C=O) groups is 1. The third-order valence-corrected chi connectivity index (χ3v) is 2.53. The maximum Gasteiger partial charge on any atom is 0.134 e. The largest absolute Gasteiger partial charge is 0.314 e. The molecule has 0 aromatic carbocycles. The summed E-state index contributed by atoms with van der Waals surface area (Å²) in [6, 6.07) is 0.472. The second-order valence-electron chi connectivity index (χ2n) is 3.60. The van der Waals surface area contributed by atoms with Crippen LogP contribution in [0.25, 0.3) is 0 Å². The highest BCUT2D eigenvalue weighted by Crippen LogP contribution is 2.11. The summed E-state index contributed by atoms with van der Waals surface area (Å²) in [6.07, 6.45) is 6.51. The van der Waals surface area contributed by atoms with Crippen molar-refractivity contribution in [1.82, 2.24) is 5.32 Å². The molecule has 0 bridgehead atoms. The molecule has 0 spiro atoms. The van der Waals surface area contributed by atoms with E-state index in [1.165, 1.54) is 25.7 Å². The third kappa shape index (κ3) is 3.35. The predicted octanol–water partition coefficient (Wildman–Crippen LogP) is 1.89. The Balaban J connectivity index is 2.24. The molecule has 1 unspecified atom stereocenters. The molecule has 0 aromatic rings. The van der Waals surface area contributed by atoms with Crippen molar-refractivity contribution in [3.63, 3.8) is 0 Å². The molecular formula is C10H19NO. The monoisotopic (exact) mass is 169 g/mol. The van der Waals surface area contributed by atoms with Gasteiger partial charge in [-0.2, -0.15) is 0 Å². The molecule has 1 saturated heterocycles. The zero-order valence-corrected chi connectivity index (χ0v) is 7.94. The lowest BCUT2D eigenvalue weighted by molar-refractivity contribution is -0.119. The van der Waals surface area contributed by atoms with Crippen molar-refractivity contribution in [3.05, 3.63) is 0 Å². The van der Waals surface area contributed by atoms with Crippen molar-refractivity contribution in [3.8, 4) is 0 Å². The molecule has 0 saturated carbocycles. The van der Waals surface area contributed by atoms with E-state index in [0.29, 0.717) is 18.2 Å². The molecule has 1 atom stereocenters. The number of ketones is 1. The third-order valence-electron chi connectivity index (χ3n) is 2.53. The molecule has 2 heteroatoms. The van der Waals surface area contributed by atoms with Crippen LogP contribution >= 0.6 is 0 Å². The van der Waals surface area contributed by atoms with E-state index in [-0.39, 0.29) is 0 Å². The zero-order valence-electron chi connectivity index (χ0n) is 7.94. The summed E-state index contributed by atoms with van der Waals surface area (Å²) < 4.78 is 0. The van der Waals surface area contributed by atoms with E-state index in [4.69, 9.17) is 0 Å². The average Bonchev–Trinajstić information content (AvgIpc) is 2.33. The van der Waals surface area contributed by atoms with Crippen molar-refractivity contribution in [2.45, 2.75) is 51.5 Å². The van der Waals surface area contributed by atoms with Crippen LogP contribution in [0.15, 0.2) is 0 Å². The average molecular weight is 169 g/mol. The molecule has 1 aliphatic heterocycles. The molecule has 0 amide bonds. The van der Waals surface area contributed by atoms with E-state index < -0.39 is 0 Å². The van der Waals surface area contributed by atoms with Gasteiger partial charge in [-0.15, -0.1) is 0 Å². The minimum atomic E-state index is 0.398. The van der Waals surface area contributed by atoms with Crippen molar-refractivity contribution in [2.75, 3.05) is 6.54 Å². The lowest BCUT2D eigenvalue weighted by atomic mass is 10.0. The second-order valence-corrected chi connectivity index (χ2v) is 3.60. The van der Waals surface area contributed by atoms with E-state index in [0.717, 1.165) is 13.0 Å². The molecule has 0 radical (unpaired) electrons. The van der Waals surface area contributed by atoms with E-state index >= 15 is 0 Å². The van der Waals surface area contributed by atoms with E-state index in [1.807, 2.05) is 6.92 Å². The van der Waals surface area contributed by atoms with Gasteiger partial charge in [0.1, 0.15) is 5.78 Å². The Morgan fingerprint density at radius 3 is 3.00 bits per heavy atom. The fourth-order valence-corrected chi connectivity index (χ4v) is 1.69. The first-order valence-electron chi connectivity index (χ1n) is 5.08. The highest BCUT2D eigenvalue weighted by Gasteiger charge is 2.13. The first-order chi connectivity index (χ1) is 5.83. The SMILES string of the molecule is CCC(=O)CC1CCCCCN1. The van der Waals surface area contributed by atoms with Gasteiger partial charge in [-0.3, -0.25) is 4.79 Å². The Labute approximate surface area is 74.7 Å². The first-order valence-corrected chi connectivity index (χ1v) is 5.08. The second kappa shape index (κ2) is 5.31. The van der Waals surface area contributed by atoms with Gasteiger partial charge in [0.05, 0.1) is 0 Å². The lowest BCUT2D eigenvalue weighted by Crippen LogP contribution is -2.30. The van der Waals surface area contributed by atoms with Crippen LogP contribution in [0.2, 0.25) is 0 Å². The Morgan fingerprint density at radius 1 is 1.42 bits per heavy atom.